The molecule has 0 aliphatic heterocycles. The summed E-state index contributed by atoms with van der Waals surface area (Å²) >= 11 is 2.03. The Morgan fingerprint density at radius 2 is 1.88 bits per heavy atom. The molecule has 0 amide bonds. The SMILES string of the molecule is CNC(CSC(C)(C)C)Cc1ccccc1C. The molecular formula is C15H25NS. The molecular weight excluding hydrogens is 226 g/mol. The third-order valence-corrected chi connectivity index (χ3v) is 4.29. The third-order valence-electron chi connectivity index (χ3n) is 2.85. The topological polar surface area (TPSA) is 12.0 Å². The van der Waals surface area contributed by atoms with E-state index in [0.717, 1.165) is 12.2 Å². The van der Waals surface area contributed by atoms with Crippen molar-refractivity contribution in [3.63, 3.8) is 0 Å². The normalized spacial score (nSPS) is 13.7. The lowest BCUT2D eigenvalue weighted by Gasteiger charge is -2.23. The molecule has 0 radical (unpaired) electrons. The Balaban J connectivity index is 2.56. The molecule has 1 atom stereocenters. The quantitative estimate of drug-likeness (QED) is 0.857. The molecule has 0 fully saturated rings. The molecule has 2 heteroatoms. The molecule has 0 aliphatic rings. The van der Waals surface area contributed by atoms with Crippen LogP contribution in [0.3, 0.4) is 0 Å². The standard InChI is InChI=1S/C15H25NS/c1-12-8-6-7-9-13(12)10-14(16-5)11-17-15(2,3)4/h6-9,14,16H,10-11H2,1-5H3. The first-order valence-electron chi connectivity index (χ1n) is 6.28. The zero-order chi connectivity index (χ0) is 12.9. The van der Waals surface area contributed by atoms with Gasteiger partial charge in [-0.15, -0.1) is 0 Å². The van der Waals surface area contributed by atoms with Crippen LogP contribution in [0.1, 0.15) is 31.9 Å². The monoisotopic (exact) mass is 251 g/mol. The highest BCUT2D eigenvalue weighted by atomic mass is 32.2. The first-order chi connectivity index (χ1) is 7.92. The fraction of sp³-hybridized carbons (Fsp3) is 0.600. The molecule has 0 aromatic heterocycles. The molecule has 0 saturated heterocycles. The highest BCUT2D eigenvalue weighted by molar-refractivity contribution is 8.00. The number of rotatable bonds is 5. The minimum absolute atomic E-state index is 0.348. The maximum Gasteiger partial charge on any atom is 0.0195 e. The molecule has 1 unspecified atom stereocenters. The Morgan fingerprint density at radius 1 is 1.24 bits per heavy atom. The summed E-state index contributed by atoms with van der Waals surface area (Å²) in [6.07, 6.45) is 1.12. The van der Waals surface area contributed by atoms with Crippen molar-refractivity contribution in [2.24, 2.45) is 0 Å². The van der Waals surface area contributed by atoms with E-state index in [1.807, 2.05) is 11.8 Å². The highest BCUT2D eigenvalue weighted by Crippen LogP contribution is 2.24. The van der Waals surface area contributed by atoms with E-state index in [1.165, 1.54) is 11.1 Å². The van der Waals surface area contributed by atoms with Gasteiger partial charge < -0.3 is 5.32 Å². The van der Waals surface area contributed by atoms with Crippen LogP contribution < -0.4 is 5.32 Å². The second kappa shape index (κ2) is 6.46. The molecule has 0 spiro atoms. The molecule has 1 N–H and O–H groups in total. The second-order valence-electron chi connectivity index (χ2n) is 5.54. The van der Waals surface area contributed by atoms with Gasteiger partial charge in [-0.2, -0.15) is 11.8 Å². The Bertz CT molecular complexity index is 341. The van der Waals surface area contributed by atoms with Crippen LogP contribution >= 0.6 is 11.8 Å². The van der Waals surface area contributed by atoms with Gasteiger partial charge in [-0.1, -0.05) is 45.0 Å². The highest BCUT2D eigenvalue weighted by Gasteiger charge is 2.15. The van der Waals surface area contributed by atoms with Gasteiger partial charge in [0.05, 0.1) is 0 Å². The zero-order valence-corrected chi connectivity index (χ0v) is 12.5. The molecule has 0 bridgehead atoms. The van der Waals surface area contributed by atoms with E-state index < -0.39 is 0 Å². The van der Waals surface area contributed by atoms with Crippen LogP contribution in [0, 0.1) is 6.92 Å². The van der Waals surface area contributed by atoms with Crippen molar-refractivity contribution in [3.05, 3.63) is 35.4 Å². The van der Waals surface area contributed by atoms with E-state index >= 15 is 0 Å². The van der Waals surface area contributed by atoms with Gasteiger partial charge in [-0.25, -0.2) is 0 Å². The van der Waals surface area contributed by atoms with Crippen molar-refractivity contribution < 1.29 is 0 Å². The van der Waals surface area contributed by atoms with E-state index in [2.05, 4.69) is 64.3 Å². The van der Waals surface area contributed by atoms with Crippen LogP contribution in [0.15, 0.2) is 24.3 Å². The molecule has 96 valence electrons. The summed E-state index contributed by atoms with van der Waals surface area (Å²) in [5.74, 6) is 1.16. The lowest BCUT2D eigenvalue weighted by atomic mass is 10.0. The van der Waals surface area contributed by atoms with E-state index in [-0.39, 0.29) is 0 Å². The summed E-state index contributed by atoms with van der Waals surface area (Å²) in [6.45, 7) is 9.02. The van der Waals surface area contributed by atoms with Gasteiger partial charge in [-0.05, 0) is 31.5 Å². The smallest absolute Gasteiger partial charge is 0.0195 e. The second-order valence-corrected chi connectivity index (χ2v) is 7.39. The summed E-state index contributed by atoms with van der Waals surface area (Å²) in [6, 6.07) is 9.23. The first kappa shape index (κ1) is 14.6. The molecule has 1 nitrogen and oxygen atoms in total. The average molecular weight is 251 g/mol. The van der Waals surface area contributed by atoms with E-state index in [9.17, 15) is 0 Å². The maximum absolute atomic E-state index is 3.43. The van der Waals surface area contributed by atoms with Crippen molar-refractivity contribution in [1.29, 1.82) is 0 Å². The Hall–Kier alpha value is -0.470. The van der Waals surface area contributed by atoms with Crippen molar-refractivity contribution in [3.8, 4) is 0 Å². The van der Waals surface area contributed by atoms with Gasteiger partial charge in [0.2, 0.25) is 0 Å². The van der Waals surface area contributed by atoms with E-state index in [1.54, 1.807) is 0 Å². The lowest BCUT2D eigenvalue weighted by molar-refractivity contribution is 0.612. The number of nitrogens with one attached hydrogen (secondary N) is 1. The number of thioether (sulfide) groups is 1. The fourth-order valence-electron chi connectivity index (χ4n) is 1.70. The molecule has 0 aliphatic carbocycles. The van der Waals surface area contributed by atoms with Crippen molar-refractivity contribution in [1.82, 2.24) is 5.32 Å². The van der Waals surface area contributed by atoms with Crippen LogP contribution in [-0.4, -0.2) is 23.6 Å². The number of likely N-dealkylation sites (N-methyl/N-ethyl adjacent to an activating group) is 1. The van der Waals surface area contributed by atoms with Crippen LogP contribution in [0.5, 0.6) is 0 Å². The van der Waals surface area contributed by atoms with Gasteiger partial charge in [-0.3, -0.25) is 0 Å². The molecule has 1 rings (SSSR count). The maximum atomic E-state index is 3.43. The molecule has 17 heavy (non-hydrogen) atoms. The van der Waals surface area contributed by atoms with Gasteiger partial charge in [0.15, 0.2) is 0 Å². The fourth-order valence-corrected chi connectivity index (χ4v) is 2.69. The predicted molar refractivity (Wildman–Crippen MR) is 79.9 cm³/mol. The predicted octanol–water partition coefficient (Wildman–Crippen LogP) is 3.66. The van der Waals surface area contributed by atoms with Crippen LogP contribution in [0.2, 0.25) is 0 Å². The zero-order valence-electron chi connectivity index (χ0n) is 11.7. The number of hydrogen-bond acceptors (Lipinski definition) is 2. The summed E-state index contributed by atoms with van der Waals surface area (Å²) in [5.41, 5.74) is 2.86. The van der Waals surface area contributed by atoms with Gasteiger partial charge in [0.25, 0.3) is 0 Å². The largest absolute Gasteiger partial charge is 0.316 e. The van der Waals surface area contributed by atoms with Gasteiger partial charge >= 0.3 is 0 Å². The number of aryl methyl sites for hydroxylation is 1. The Labute approximate surface area is 110 Å². The van der Waals surface area contributed by atoms with Crippen LogP contribution in [0.4, 0.5) is 0 Å². The Morgan fingerprint density at radius 3 is 2.41 bits per heavy atom. The van der Waals surface area contributed by atoms with Gasteiger partial charge in [0, 0.05) is 16.5 Å². The number of hydrogen-bond donors (Lipinski definition) is 1. The lowest BCUT2D eigenvalue weighted by Crippen LogP contribution is -2.31. The number of benzene rings is 1. The molecule has 0 saturated carbocycles. The Kier molecular flexibility index (Phi) is 5.54. The molecule has 1 aromatic carbocycles. The van der Waals surface area contributed by atoms with Crippen molar-refractivity contribution in [2.45, 2.75) is 44.9 Å². The first-order valence-corrected chi connectivity index (χ1v) is 7.26. The average Bonchev–Trinajstić information content (AvgIpc) is 2.25. The van der Waals surface area contributed by atoms with Gasteiger partial charge in [0.1, 0.15) is 0 Å². The van der Waals surface area contributed by atoms with E-state index in [0.29, 0.717) is 10.8 Å². The van der Waals surface area contributed by atoms with Crippen molar-refractivity contribution >= 4 is 11.8 Å². The third kappa shape index (κ3) is 5.60. The van der Waals surface area contributed by atoms with E-state index in [4.69, 9.17) is 0 Å². The van der Waals surface area contributed by atoms with Crippen molar-refractivity contribution in [2.75, 3.05) is 12.8 Å². The molecule has 0 heterocycles. The summed E-state index contributed by atoms with van der Waals surface area (Å²) < 4.78 is 0.348. The van der Waals surface area contributed by atoms with Crippen LogP contribution in [-0.2, 0) is 6.42 Å². The molecule has 1 aromatic rings. The van der Waals surface area contributed by atoms with Crippen LogP contribution in [0.25, 0.3) is 0 Å². The minimum atomic E-state index is 0.348. The summed E-state index contributed by atoms with van der Waals surface area (Å²) in [5, 5.41) is 3.43. The summed E-state index contributed by atoms with van der Waals surface area (Å²) in [4.78, 5) is 0. The summed E-state index contributed by atoms with van der Waals surface area (Å²) in [7, 11) is 2.06. The minimum Gasteiger partial charge on any atom is -0.316 e.